The molecule has 6 rings (SSSR count). The molecular formula is C27H27Cl2FN2O2. The minimum Gasteiger partial charge on any atom is -0.373 e. The molecule has 7 heteroatoms. The lowest BCUT2D eigenvalue weighted by atomic mass is 9.66. The maximum absolute atomic E-state index is 14.5. The number of nitrogens with zero attached hydrogens (tertiary/aromatic N) is 2. The lowest BCUT2D eigenvalue weighted by Crippen LogP contribution is -2.44. The van der Waals surface area contributed by atoms with Gasteiger partial charge in [0.15, 0.2) is 0 Å². The number of hydrogen-bond donors (Lipinski definition) is 0. The second-order valence-corrected chi connectivity index (χ2v) is 11.0. The molecule has 0 atom stereocenters. The Hall–Kier alpha value is -2.08. The Morgan fingerprint density at radius 3 is 2.65 bits per heavy atom. The second-order valence-electron chi connectivity index (χ2n) is 10.2. The predicted molar refractivity (Wildman–Crippen MR) is 132 cm³/mol. The van der Waals surface area contributed by atoms with Gasteiger partial charge in [-0.15, -0.1) is 0 Å². The van der Waals surface area contributed by atoms with E-state index in [4.69, 9.17) is 32.5 Å². The highest BCUT2D eigenvalue weighted by Gasteiger charge is 2.49. The molecule has 178 valence electrons. The predicted octanol–water partition coefficient (Wildman–Crippen LogP) is 7.55. The summed E-state index contributed by atoms with van der Waals surface area (Å²) in [7, 11) is 0. The summed E-state index contributed by atoms with van der Waals surface area (Å²) in [6.07, 6.45) is 5.44. The fraction of sp³-hybridized carbons (Fsp3) is 0.444. The minimum absolute atomic E-state index is 0.130. The number of ether oxygens (including phenoxy) is 1. The molecule has 0 N–H and O–H groups in total. The van der Waals surface area contributed by atoms with Gasteiger partial charge in [0.25, 0.3) is 0 Å². The first-order chi connectivity index (χ1) is 16.4. The van der Waals surface area contributed by atoms with Gasteiger partial charge >= 0.3 is 0 Å². The first-order valence-corrected chi connectivity index (χ1v) is 12.7. The third kappa shape index (κ3) is 4.02. The molecule has 0 bridgehead atoms. The summed E-state index contributed by atoms with van der Waals surface area (Å²) in [4.78, 5) is 2.19. The highest BCUT2D eigenvalue weighted by Crippen LogP contribution is 2.51. The van der Waals surface area contributed by atoms with E-state index in [0.717, 1.165) is 62.1 Å². The summed E-state index contributed by atoms with van der Waals surface area (Å²) in [6, 6.07) is 11.0. The van der Waals surface area contributed by atoms with Crippen molar-refractivity contribution in [3.05, 3.63) is 69.1 Å². The van der Waals surface area contributed by atoms with Crippen LogP contribution in [0.4, 0.5) is 10.1 Å². The zero-order valence-corrected chi connectivity index (χ0v) is 20.6. The lowest BCUT2D eigenvalue weighted by Gasteiger charge is -2.45. The van der Waals surface area contributed by atoms with Crippen molar-refractivity contribution in [2.75, 3.05) is 18.0 Å². The maximum atomic E-state index is 14.5. The maximum Gasteiger partial charge on any atom is 0.146 e. The topological polar surface area (TPSA) is 38.5 Å². The van der Waals surface area contributed by atoms with Crippen LogP contribution in [-0.2, 0) is 11.3 Å². The van der Waals surface area contributed by atoms with Crippen LogP contribution in [0.2, 0.25) is 10.0 Å². The van der Waals surface area contributed by atoms with E-state index in [1.54, 1.807) is 6.07 Å². The highest BCUT2D eigenvalue weighted by atomic mass is 35.5. The number of rotatable bonds is 6. The van der Waals surface area contributed by atoms with Crippen molar-refractivity contribution < 1.29 is 13.7 Å². The van der Waals surface area contributed by atoms with E-state index < -0.39 is 0 Å². The van der Waals surface area contributed by atoms with Crippen LogP contribution >= 0.6 is 23.2 Å². The SMILES string of the molecule is Cc1ccc(N2CCC3(CC(OCc4c(-c5c(Cl)cccc5Cl)noc4C4CC4)C3)C2)c(F)c1. The van der Waals surface area contributed by atoms with Gasteiger partial charge in [0.05, 0.1) is 28.4 Å². The van der Waals surface area contributed by atoms with Crippen molar-refractivity contribution >= 4 is 28.9 Å². The molecule has 3 aromatic rings. The molecule has 4 nitrogen and oxygen atoms in total. The van der Waals surface area contributed by atoms with Crippen molar-refractivity contribution in [3.8, 4) is 11.3 Å². The number of anilines is 1. The first kappa shape index (κ1) is 22.4. The van der Waals surface area contributed by atoms with Crippen LogP contribution in [0.15, 0.2) is 40.9 Å². The van der Waals surface area contributed by atoms with Crippen LogP contribution in [0.3, 0.4) is 0 Å². The van der Waals surface area contributed by atoms with E-state index in [1.807, 2.05) is 37.3 Å². The van der Waals surface area contributed by atoms with Gasteiger partial charge in [0.2, 0.25) is 0 Å². The number of aryl methyl sites for hydroxylation is 1. The molecule has 1 spiro atoms. The molecule has 2 saturated carbocycles. The zero-order valence-electron chi connectivity index (χ0n) is 19.1. The lowest BCUT2D eigenvalue weighted by molar-refractivity contribution is -0.0796. The monoisotopic (exact) mass is 500 g/mol. The van der Waals surface area contributed by atoms with Gasteiger partial charge in [-0.1, -0.05) is 40.5 Å². The average Bonchev–Trinajstić information content (AvgIpc) is 3.39. The number of halogens is 3. The van der Waals surface area contributed by atoms with Crippen LogP contribution < -0.4 is 4.90 Å². The number of benzene rings is 2. The van der Waals surface area contributed by atoms with Gasteiger partial charge in [0, 0.05) is 30.1 Å². The van der Waals surface area contributed by atoms with Crippen molar-refractivity contribution in [1.29, 1.82) is 0 Å². The number of hydrogen-bond acceptors (Lipinski definition) is 4. The largest absolute Gasteiger partial charge is 0.373 e. The Labute approximate surface area is 209 Å². The van der Waals surface area contributed by atoms with Gasteiger partial charge in [-0.2, -0.15) is 0 Å². The molecule has 2 aromatic carbocycles. The molecule has 3 fully saturated rings. The molecule has 2 aliphatic carbocycles. The summed E-state index contributed by atoms with van der Waals surface area (Å²) >= 11 is 12.9. The standard InChI is InChI=1S/C27H27Cl2FN2O2/c1-16-5-8-23(22(30)11-16)32-10-9-27(15-32)12-18(13-27)33-14-19-25(31-34-26(19)17-6-7-17)24-20(28)3-2-4-21(24)29/h2-5,8,11,17-18H,6-7,9-10,12-15H2,1H3. The molecule has 0 amide bonds. The Morgan fingerprint density at radius 1 is 1.18 bits per heavy atom. The molecule has 3 aliphatic rings. The molecule has 0 unspecified atom stereocenters. The number of aromatic nitrogens is 1. The molecule has 1 aromatic heterocycles. The van der Waals surface area contributed by atoms with E-state index in [-0.39, 0.29) is 17.3 Å². The normalized spacial score (nSPS) is 24.1. The van der Waals surface area contributed by atoms with Crippen molar-refractivity contribution in [2.45, 2.75) is 57.7 Å². The molecule has 34 heavy (non-hydrogen) atoms. The van der Waals surface area contributed by atoms with Crippen molar-refractivity contribution in [3.63, 3.8) is 0 Å². The molecule has 1 saturated heterocycles. The zero-order chi connectivity index (χ0) is 23.4. The summed E-state index contributed by atoms with van der Waals surface area (Å²) in [5, 5.41) is 5.47. The average molecular weight is 501 g/mol. The summed E-state index contributed by atoms with van der Waals surface area (Å²) in [6.45, 7) is 4.12. The van der Waals surface area contributed by atoms with E-state index in [1.165, 1.54) is 0 Å². The third-order valence-electron chi connectivity index (χ3n) is 7.63. The van der Waals surface area contributed by atoms with E-state index in [2.05, 4.69) is 10.1 Å². The highest BCUT2D eigenvalue weighted by molar-refractivity contribution is 6.39. The fourth-order valence-electron chi connectivity index (χ4n) is 5.62. The first-order valence-electron chi connectivity index (χ1n) is 12.0. The Bertz CT molecular complexity index is 1210. The Morgan fingerprint density at radius 2 is 1.94 bits per heavy atom. The molecule has 0 radical (unpaired) electrons. The fourth-order valence-corrected chi connectivity index (χ4v) is 6.19. The van der Waals surface area contributed by atoms with E-state index in [0.29, 0.717) is 39.5 Å². The summed E-state index contributed by atoms with van der Waals surface area (Å²) < 4.78 is 26.6. The van der Waals surface area contributed by atoms with E-state index >= 15 is 0 Å². The van der Waals surface area contributed by atoms with Crippen LogP contribution in [-0.4, -0.2) is 24.4 Å². The van der Waals surface area contributed by atoms with Gasteiger partial charge in [-0.3, -0.25) is 0 Å². The third-order valence-corrected chi connectivity index (χ3v) is 8.26. The minimum atomic E-state index is -0.130. The van der Waals surface area contributed by atoms with Crippen molar-refractivity contribution in [2.24, 2.45) is 5.41 Å². The van der Waals surface area contributed by atoms with Crippen LogP contribution in [0.1, 0.15) is 54.9 Å². The molecule has 1 aliphatic heterocycles. The summed E-state index contributed by atoms with van der Waals surface area (Å²) in [5.41, 5.74) is 4.24. The quantitative estimate of drug-likeness (QED) is 0.350. The van der Waals surface area contributed by atoms with Gasteiger partial charge in [0.1, 0.15) is 17.3 Å². The summed E-state index contributed by atoms with van der Waals surface area (Å²) in [5.74, 6) is 1.18. The molecular weight excluding hydrogens is 474 g/mol. The van der Waals surface area contributed by atoms with Gasteiger partial charge in [-0.05, 0) is 74.3 Å². The Kier molecular flexibility index (Phi) is 5.63. The van der Waals surface area contributed by atoms with E-state index in [9.17, 15) is 4.39 Å². The molecule has 2 heterocycles. The Balaban J connectivity index is 1.14. The van der Waals surface area contributed by atoms with Gasteiger partial charge < -0.3 is 14.2 Å². The second kappa shape index (κ2) is 8.54. The van der Waals surface area contributed by atoms with Crippen LogP contribution in [0.25, 0.3) is 11.3 Å². The smallest absolute Gasteiger partial charge is 0.146 e. The van der Waals surface area contributed by atoms with Gasteiger partial charge in [-0.25, -0.2) is 4.39 Å². The van der Waals surface area contributed by atoms with Crippen molar-refractivity contribution in [1.82, 2.24) is 5.16 Å². The van der Waals surface area contributed by atoms with Crippen LogP contribution in [0, 0.1) is 18.2 Å². The van der Waals surface area contributed by atoms with Crippen LogP contribution in [0.5, 0.6) is 0 Å².